The molecule has 0 saturated heterocycles. The fourth-order valence-electron chi connectivity index (χ4n) is 7.79. The third kappa shape index (κ3) is 66.4. The molecule has 1 atom stereocenters. The van der Waals surface area contributed by atoms with Gasteiger partial charge >= 0.3 is 17.9 Å². The maximum atomic E-state index is 12.9. The number of hydrogen-bond acceptors (Lipinski definition) is 6. The van der Waals surface area contributed by atoms with Gasteiger partial charge in [0.1, 0.15) is 13.2 Å². The standard InChI is InChI=1S/C77H114O6/c1-4-7-10-13-16-19-22-25-28-30-32-33-34-35-36-37-38-39-40-41-42-43-45-46-49-52-55-58-61-64-67-70-76(79)82-73-74(72-81-75(78)69-66-63-60-57-54-51-48-27-24-21-18-15-12-9-6-3)83-77(80)71-68-65-62-59-56-53-50-47-44-31-29-26-23-20-17-14-11-8-5-2/h7-12,16-21,25-29,32-33,35-36,38-39,41-42,44-48,53-54,56-57,63,66,74H,4-6,13-15,22-24,30-31,34,37,40,43,49-52,55,58-62,64-65,67-73H2,1-3H3/b10-7-,11-8-,12-9-,19-16-,20-17-,21-18-,28-25-,29-26-,33-32-,36-35-,39-38-,42-41-,46-45-,47-44-,48-27-,56-53-,57-54-,66-63-. The molecular formula is C77H114O6. The Hall–Kier alpha value is -6.27. The van der Waals surface area contributed by atoms with Crippen LogP contribution in [0, 0.1) is 0 Å². The van der Waals surface area contributed by atoms with Crippen molar-refractivity contribution in [2.75, 3.05) is 13.2 Å². The predicted octanol–water partition coefficient (Wildman–Crippen LogP) is 22.5. The van der Waals surface area contributed by atoms with Crippen molar-refractivity contribution >= 4 is 17.9 Å². The lowest BCUT2D eigenvalue weighted by atomic mass is 10.1. The van der Waals surface area contributed by atoms with Crippen molar-refractivity contribution in [3.05, 3.63) is 219 Å². The normalized spacial score (nSPS) is 13.6. The van der Waals surface area contributed by atoms with Gasteiger partial charge in [0.2, 0.25) is 0 Å². The van der Waals surface area contributed by atoms with E-state index in [0.717, 1.165) is 161 Å². The Morgan fingerprint density at radius 3 is 0.795 bits per heavy atom. The summed E-state index contributed by atoms with van der Waals surface area (Å²) in [6.07, 6.45) is 107. The van der Waals surface area contributed by atoms with Crippen LogP contribution in [-0.2, 0) is 28.6 Å². The van der Waals surface area contributed by atoms with Gasteiger partial charge in [-0.25, -0.2) is 0 Å². The highest BCUT2D eigenvalue weighted by atomic mass is 16.6. The van der Waals surface area contributed by atoms with Crippen LogP contribution in [0.5, 0.6) is 0 Å². The molecule has 0 N–H and O–H groups in total. The Morgan fingerprint density at radius 2 is 0.482 bits per heavy atom. The molecule has 0 rings (SSSR count). The summed E-state index contributed by atoms with van der Waals surface area (Å²) in [6, 6.07) is 0. The van der Waals surface area contributed by atoms with Crippen LogP contribution >= 0.6 is 0 Å². The topological polar surface area (TPSA) is 78.9 Å². The van der Waals surface area contributed by atoms with Crippen LogP contribution in [0.25, 0.3) is 0 Å². The van der Waals surface area contributed by atoms with Crippen LogP contribution in [0.2, 0.25) is 0 Å². The molecule has 1 unspecified atom stereocenters. The Kier molecular flexibility index (Phi) is 63.1. The van der Waals surface area contributed by atoms with Gasteiger partial charge in [-0.15, -0.1) is 0 Å². The van der Waals surface area contributed by atoms with Gasteiger partial charge in [0.15, 0.2) is 6.10 Å². The van der Waals surface area contributed by atoms with E-state index in [-0.39, 0.29) is 38.0 Å². The molecule has 0 spiro atoms. The van der Waals surface area contributed by atoms with E-state index >= 15 is 0 Å². The van der Waals surface area contributed by atoms with E-state index in [1.165, 1.54) is 12.8 Å². The first kappa shape index (κ1) is 76.7. The van der Waals surface area contributed by atoms with Crippen LogP contribution in [0.4, 0.5) is 0 Å². The quantitative estimate of drug-likeness (QED) is 0.0261. The highest BCUT2D eigenvalue weighted by molar-refractivity contribution is 5.72. The van der Waals surface area contributed by atoms with Gasteiger partial charge in [0, 0.05) is 12.8 Å². The zero-order valence-corrected chi connectivity index (χ0v) is 52.4. The van der Waals surface area contributed by atoms with E-state index in [0.29, 0.717) is 19.3 Å². The van der Waals surface area contributed by atoms with E-state index in [2.05, 4.69) is 227 Å². The average molecular weight is 1140 g/mol. The van der Waals surface area contributed by atoms with Crippen molar-refractivity contribution in [2.24, 2.45) is 0 Å². The molecule has 6 nitrogen and oxygen atoms in total. The Morgan fingerprint density at radius 1 is 0.253 bits per heavy atom. The summed E-state index contributed by atoms with van der Waals surface area (Å²) in [5.41, 5.74) is 0. The summed E-state index contributed by atoms with van der Waals surface area (Å²) in [6.45, 7) is 6.14. The SMILES string of the molecule is CC/C=C\C/C=C\C/C=C\C/C=C\C/C=C\C/C=C\C/C=C\C/C=C\CCCCCCCCC(=O)OCC(COC(=O)C/C=C\C/C=C\C/C=C\C/C=C\C/C=C\CC)OC(=O)CCCCC/C=C\C/C=C\C/C=C\C/C=C\C/C=C\CC. The van der Waals surface area contributed by atoms with Crippen molar-refractivity contribution in [1.29, 1.82) is 0 Å². The fourth-order valence-corrected chi connectivity index (χ4v) is 7.79. The number of allylic oxidation sites excluding steroid dienone is 35. The number of rotatable bonds is 55. The minimum atomic E-state index is -0.858. The van der Waals surface area contributed by atoms with E-state index in [1.807, 2.05) is 6.08 Å². The van der Waals surface area contributed by atoms with E-state index in [9.17, 15) is 14.4 Å². The zero-order chi connectivity index (χ0) is 59.9. The van der Waals surface area contributed by atoms with Gasteiger partial charge in [0.25, 0.3) is 0 Å². The van der Waals surface area contributed by atoms with Crippen LogP contribution in [0.3, 0.4) is 0 Å². The molecule has 0 amide bonds. The summed E-state index contributed by atoms with van der Waals surface area (Å²) in [4.78, 5) is 38.3. The lowest BCUT2D eigenvalue weighted by molar-refractivity contribution is -0.166. The minimum Gasteiger partial charge on any atom is -0.462 e. The maximum Gasteiger partial charge on any atom is 0.309 e. The third-order valence-electron chi connectivity index (χ3n) is 12.5. The molecule has 0 aliphatic rings. The van der Waals surface area contributed by atoms with E-state index < -0.39 is 12.1 Å². The molecule has 0 aromatic rings. The van der Waals surface area contributed by atoms with Crippen LogP contribution in [0.1, 0.15) is 226 Å². The minimum absolute atomic E-state index is 0.104. The van der Waals surface area contributed by atoms with Crippen LogP contribution in [0.15, 0.2) is 219 Å². The first-order valence-corrected chi connectivity index (χ1v) is 32.2. The zero-order valence-electron chi connectivity index (χ0n) is 52.4. The first-order chi connectivity index (χ1) is 41.0. The molecular weight excluding hydrogens is 1020 g/mol. The molecule has 0 aromatic heterocycles. The van der Waals surface area contributed by atoms with Gasteiger partial charge in [-0.1, -0.05) is 272 Å². The van der Waals surface area contributed by atoms with E-state index in [1.54, 1.807) is 6.08 Å². The Bertz CT molecular complexity index is 2080. The van der Waals surface area contributed by atoms with Gasteiger partial charge in [-0.3, -0.25) is 14.4 Å². The van der Waals surface area contributed by atoms with Crippen LogP contribution in [-0.4, -0.2) is 37.2 Å². The summed E-state index contributed by atoms with van der Waals surface area (Å²) < 4.78 is 16.8. The summed E-state index contributed by atoms with van der Waals surface area (Å²) >= 11 is 0. The Balaban J connectivity index is 4.52. The van der Waals surface area contributed by atoms with Crippen molar-refractivity contribution in [1.82, 2.24) is 0 Å². The predicted molar refractivity (Wildman–Crippen MR) is 361 cm³/mol. The molecule has 0 radical (unpaired) electrons. The van der Waals surface area contributed by atoms with Gasteiger partial charge in [-0.05, 0) is 154 Å². The van der Waals surface area contributed by atoms with Gasteiger partial charge in [-0.2, -0.15) is 0 Å². The summed E-state index contributed by atoms with van der Waals surface area (Å²) in [7, 11) is 0. The van der Waals surface area contributed by atoms with Gasteiger partial charge in [0.05, 0.1) is 6.42 Å². The Labute approximate surface area is 508 Å². The van der Waals surface area contributed by atoms with Crippen molar-refractivity contribution in [3.63, 3.8) is 0 Å². The molecule has 458 valence electrons. The van der Waals surface area contributed by atoms with Crippen molar-refractivity contribution in [3.8, 4) is 0 Å². The number of ether oxygens (including phenoxy) is 3. The highest BCUT2D eigenvalue weighted by Crippen LogP contribution is 2.12. The highest BCUT2D eigenvalue weighted by Gasteiger charge is 2.19. The first-order valence-electron chi connectivity index (χ1n) is 32.2. The fraction of sp³-hybridized carbons (Fsp3) is 0.494. The second-order valence-corrected chi connectivity index (χ2v) is 20.2. The summed E-state index contributed by atoms with van der Waals surface area (Å²) in [5, 5.41) is 0. The van der Waals surface area contributed by atoms with Crippen molar-refractivity contribution in [2.45, 2.75) is 232 Å². The second-order valence-electron chi connectivity index (χ2n) is 20.2. The molecule has 6 heteroatoms. The third-order valence-corrected chi connectivity index (χ3v) is 12.5. The second kappa shape index (κ2) is 68.2. The molecule has 0 heterocycles. The molecule has 83 heavy (non-hydrogen) atoms. The smallest absolute Gasteiger partial charge is 0.309 e. The molecule has 0 saturated carbocycles. The lowest BCUT2D eigenvalue weighted by Crippen LogP contribution is -2.30. The van der Waals surface area contributed by atoms with Crippen LogP contribution < -0.4 is 0 Å². The molecule has 0 aromatic carbocycles. The number of esters is 3. The monoisotopic (exact) mass is 1130 g/mol. The average Bonchev–Trinajstić information content (AvgIpc) is 3.49. The molecule has 0 aliphatic heterocycles. The largest absolute Gasteiger partial charge is 0.462 e. The number of carbonyl (C=O) groups excluding carboxylic acids is 3. The number of unbranched alkanes of at least 4 members (excludes halogenated alkanes) is 9. The molecule has 0 bridgehead atoms. The summed E-state index contributed by atoms with van der Waals surface area (Å²) in [5.74, 6) is -1.14. The number of hydrogen-bond donors (Lipinski definition) is 0. The molecule has 0 fully saturated rings. The maximum absolute atomic E-state index is 12.9. The lowest BCUT2D eigenvalue weighted by Gasteiger charge is -2.18. The van der Waals surface area contributed by atoms with Crippen molar-refractivity contribution < 1.29 is 28.6 Å². The molecule has 0 aliphatic carbocycles. The number of carbonyl (C=O) groups is 3. The van der Waals surface area contributed by atoms with E-state index in [4.69, 9.17) is 14.2 Å². The van der Waals surface area contributed by atoms with Gasteiger partial charge < -0.3 is 14.2 Å².